The third-order valence-electron chi connectivity index (χ3n) is 2.95. The highest BCUT2D eigenvalue weighted by Gasteiger charge is 2.28. The molecule has 1 fully saturated rings. The normalized spacial score (nSPS) is 18.5. The molecule has 0 aromatic heterocycles. The smallest absolute Gasteiger partial charge is 0.321 e. The van der Waals surface area contributed by atoms with Crippen molar-refractivity contribution in [2.45, 2.75) is 19.4 Å². The van der Waals surface area contributed by atoms with Crippen molar-refractivity contribution >= 4 is 23.3 Å². The summed E-state index contributed by atoms with van der Waals surface area (Å²) in [6, 6.07) is 7.06. The highest BCUT2D eigenvalue weighted by atomic mass is 35.5. The summed E-state index contributed by atoms with van der Waals surface area (Å²) >= 11 is 5.80. The van der Waals surface area contributed by atoms with Crippen LogP contribution >= 0.6 is 11.6 Å². The molecule has 1 aromatic carbocycles. The van der Waals surface area contributed by atoms with Crippen molar-refractivity contribution < 1.29 is 4.79 Å². The first-order valence-corrected chi connectivity index (χ1v) is 6.41. The van der Waals surface area contributed by atoms with E-state index in [4.69, 9.17) is 11.6 Å². The van der Waals surface area contributed by atoms with Crippen molar-refractivity contribution in [2.24, 2.45) is 0 Å². The Labute approximate surface area is 112 Å². The highest BCUT2D eigenvalue weighted by Crippen LogP contribution is 2.15. The minimum atomic E-state index is -0.0631. The van der Waals surface area contributed by atoms with E-state index in [0.29, 0.717) is 11.6 Å². The molecule has 0 unspecified atom stereocenters. The quantitative estimate of drug-likeness (QED) is 0.821. The van der Waals surface area contributed by atoms with Crippen LogP contribution in [0.15, 0.2) is 24.3 Å². The first-order valence-electron chi connectivity index (χ1n) is 6.03. The molecule has 1 aromatic rings. The highest BCUT2D eigenvalue weighted by molar-refractivity contribution is 6.30. The maximum atomic E-state index is 12.1. The van der Waals surface area contributed by atoms with Gasteiger partial charge in [-0.25, -0.2) is 4.79 Å². The van der Waals surface area contributed by atoms with Gasteiger partial charge in [-0.1, -0.05) is 11.6 Å². The number of carbonyl (C=O) groups is 1. The Bertz CT molecular complexity index is 430. The summed E-state index contributed by atoms with van der Waals surface area (Å²) in [7, 11) is 0. The van der Waals surface area contributed by atoms with E-state index in [1.54, 1.807) is 24.3 Å². The van der Waals surface area contributed by atoms with E-state index in [1.165, 1.54) is 0 Å². The molecule has 4 nitrogen and oxygen atoms in total. The molecule has 98 valence electrons. The van der Waals surface area contributed by atoms with Gasteiger partial charge in [0.05, 0.1) is 0 Å². The van der Waals surface area contributed by atoms with Crippen molar-refractivity contribution in [3.63, 3.8) is 0 Å². The molecule has 0 spiro atoms. The lowest BCUT2D eigenvalue weighted by Crippen LogP contribution is -2.59. The van der Waals surface area contributed by atoms with Crippen LogP contribution in [0.25, 0.3) is 0 Å². The number of halogens is 1. The van der Waals surface area contributed by atoms with Gasteiger partial charge in [0.15, 0.2) is 0 Å². The van der Waals surface area contributed by atoms with Gasteiger partial charge in [-0.15, -0.1) is 0 Å². The molecular weight excluding hydrogens is 250 g/mol. The number of hydrogen-bond acceptors (Lipinski definition) is 2. The average molecular weight is 268 g/mol. The van der Waals surface area contributed by atoms with Gasteiger partial charge in [-0.2, -0.15) is 0 Å². The summed E-state index contributed by atoms with van der Waals surface area (Å²) in [6.07, 6.45) is 0. The number of piperazine rings is 1. The molecule has 2 amide bonds. The molecule has 0 atom stereocenters. The Balaban J connectivity index is 1.97. The molecule has 0 radical (unpaired) electrons. The van der Waals surface area contributed by atoms with Gasteiger partial charge in [0.1, 0.15) is 0 Å². The molecule has 18 heavy (non-hydrogen) atoms. The minimum absolute atomic E-state index is 0.0322. The SMILES string of the molecule is CC1(C)CN(C(=O)Nc2ccc(Cl)cc2)CCN1. The molecule has 0 aliphatic carbocycles. The summed E-state index contributed by atoms with van der Waals surface area (Å²) in [5.74, 6) is 0. The first kappa shape index (κ1) is 13.2. The van der Waals surface area contributed by atoms with E-state index in [9.17, 15) is 4.79 Å². The predicted octanol–water partition coefficient (Wildman–Crippen LogP) is 2.56. The fourth-order valence-corrected chi connectivity index (χ4v) is 2.18. The second kappa shape index (κ2) is 5.16. The molecule has 1 aliphatic rings. The monoisotopic (exact) mass is 267 g/mol. The Kier molecular flexibility index (Phi) is 3.78. The molecule has 2 rings (SSSR count). The largest absolute Gasteiger partial charge is 0.321 e. The maximum absolute atomic E-state index is 12.1. The van der Waals surface area contributed by atoms with E-state index in [2.05, 4.69) is 24.5 Å². The first-order chi connectivity index (χ1) is 8.46. The zero-order valence-electron chi connectivity index (χ0n) is 10.7. The second-order valence-electron chi connectivity index (χ2n) is 5.17. The number of anilines is 1. The Morgan fingerprint density at radius 3 is 2.67 bits per heavy atom. The number of carbonyl (C=O) groups excluding carboxylic acids is 1. The molecule has 1 saturated heterocycles. The Morgan fingerprint density at radius 2 is 2.06 bits per heavy atom. The number of urea groups is 1. The number of rotatable bonds is 1. The summed E-state index contributed by atoms with van der Waals surface area (Å²) < 4.78 is 0. The van der Waals surface area contributed by atoms with Gasteiger partial charge in [-0.3, -0.25) is 0 Å². The lowest BCUT2D eigenvalue weighted by atomic mass is 10.0. The molecule has 5 heteroatoms. The number of amides is 2. The van der Waals surface area contributed by atoms with Crippen LogP contribution in [0, 0.1) is 0 Å². The number of benzene rings is 1. The third kappa shape index (κ3) is 3.37. The van der Waals surface area contributed by atoms with E-state index < -0.39 is 0 Å². The minimum Gasteiger partial charge on any atom is -0.321 e. The van der Waals surface area contributed by atoms with E-state index in [1.807, 2.05) is 4.90 Å². The maximum Gasteiger partial charge on any atom is 0.321 e. The molecule has 0 saturated carbocycles. The Hall–Kier alpha value is -1.26. The summed E-state index contributed by atoms with van der Waals surface area (Å²) in [5, 5.41) is 6.92. The van der Waals surface area contributed by atoms with Gasteiger partial charge in [0, 0.05) is 35.9 Å². The van der Waals surface area contributed by atoms with Crippen molar-refractivity contribution in [1.82, 2.24) is 10.2 Å². The van der Waals surface area contributed by atoms with Crippen molar-refractivity contribution in [3.8, 4) is 0 Å². The lowest BCUT2D eigenvalue weighted by Gasteiger charge is -2.39. The van der Waals surface area contributed by atoms with E-state index >= 15 is 0 Å². The molecular formula is C13H18ClN3O. The third-order valence-corrected chi connectivity index (χ3v) is 3.21. The Morgan fingerprint density at radius 1 is 1.39 bits per heavy atom. The zero-order valence-corrected chi connectivity index (χ0v) is 11.4. The van der Waals surface area contributed by atoms with Crippen LogP contribution in [0.4, 0.5) is 10.5 Å². The summed E-state index contributed by atoms with van der Waals surface area (Å²) in [4.78, 5) is 13.9. The van der Waals surface area contributed by atoms with Crippen LogP contribution in [0.5, 0.6) is 0 Å². The predicted molar refractivity (Wildman–Crippen MR) is 74.1 cm³/mol. The number of nitrogens with zero attached hydrogens (tertiary/aromatic N) is 1. The van der Waals surface area contributed by atoms with Crippen molar-refractivity contribution in [2.75, 3.05) is 25.0 Å². The van der Waals surface area contributed by atoms with Gasteiger partial charge >= 0.3 is 6.03 Å². The van der Waals surface area contributed by atoms with E-state index in [0.717, 1.165) is 18.8 Å². The molecule has 1 heterocycles. The summed E-state index contributed by atoms with van der Waals surface area (Å²) in [5.41, 5.74) is 0.732. The second-order valence-corrected chi connectivity index (χ2v) is 5.61. The van der Waals surface area contributed by atoms with Crippen molar-refractivity contribution in [1.29, 1.82) is 0 Å². The standard InChI is InChI=1S/C13H18ClN3O/c1-13(2)9-17(8-7-15-13)12(18)16-11-5-3-10(14)4-6-11/h3-6,15H,7-9H2,1-2H3,(H,16,18). The van der Waals surface area contributed by atoms with Crippen LogP contribution in [-0.4, -0.2) is 36.1 Å². The topological polar surface area (TPSA) is 44.4 Å². The van der Waals surface area contributed by atoms with Gasteiger partial charge in [-0.05, 0) is 38.1 Å². The van der Waals surface area contributed by atoms with Crippen LogP contribution in [0.3, 0.4) is 0 Å². The van der Waals surface area contributed by atoms with Gasteiger partial charge in [0.25, 0.3) is 0 Å². The van der Waals surface area contributed by atoms with Gasteiger partial charge < -0.3 is 15.5 Å². The number of nitrogens with one attached hydrogen (secondary N) is 2. The fraction of sp³-hybridized carbons (Fsp3) is 0.462. The summed E-state index contributed by atoms with van der Waals surface area (Å²) in [6.45, 7) is 6.43. The molecule has 1 aliphatic heterocycles. The van der Waals surface area contributed by atoms with Crippen LogP contribution in [0.2, 0.25) is 5.02 Å². The van der Waals surface area contributed by atoms with E-state index in [-0.39, 0.29) is 11.6 Å². The number of hydrogen-bond donors (Lipinski definition) is 2. The molecule has 2 N–H and O–H groups in total. The zero-order chi connectivity index (χ0) is 13.2. The van der Waals surface area contributed by atoms with Crippen LogP contribution < -0.4 is 10.6 Å². The average Bonchev–Trinajstić information content (AvgIpc) is 2.31. The van der Waals surface area contributed by atoms with Crippen LogP contribution in [0.1, 0.15) is 13.8 Å². The van der Waals surface area contributed by atoms with Gasteiger partial charge in [0.2, 0.25) is 0 Å². The van der Waals surface area contributed by atoms with Crippen LogP contribution in [-0.2, 0) is 0 Å². The molecule has 0 bridgehead atoms. The lowest BCUT2D eigenvalue weighted by molar-refractivity contribution is 0.165. The fourth-order valence-electron chi connectivity index (χ4n) is 2.05. The van der Waals surface area contributed by atoms with Crippen molar-refractivity contribution in [3.05, 3.63) is 29.3 Å².